The van der Waals surface area contributed by atoms with Gasteiger partial charge in [0.1, 0.15) is 11.6 Å². The lowest BCUT2D eigenvalue weighted by atomic mass is 9.86. The predicted octanol–water partition coefficient (Wildman–Crippen LogP) is 4.56. The molecule has 0 atom stereocenters. The van der Waals surface area contributed by atoms with Crippen LogP contribution in [0.2, 0.25) is 0 Å². The molecule has 1 aliphatic carbocycles. The second kappa shape index (κ2) is 4.77. The maximum Gasteiger partial charge on any atom is 0.126 e. The summed E-state index contributed by atoms with van der Waals surface area (Å²) in [5.74, 6) is -0.228. The number of hydrogen-bond acceptors (Lipinski definition) is 0. The van der Waals surface area contributed by atoms with Gasteiger partial charge in [0, 0.05) is 6.07 Å². The minimum atomic E-state index is -0.504. The second-order valence-electron chi connectivity index (χ2n) is 4.69. The topological polar surface area (TPSA) is 0 Å². The van der Waals surface area contributed by atoms with E-state index in [0.717, 1.165) is 24.8 Å². The lowest BCUT2D eigenvalue weighted by Gasteiger charge is -2.20. The van der Waals surface area contributed by atoms with Gasteiger partial charge in [-0.15, -0.1) is 0 Å². The monoisotopic (exact) mass is 222 g/mol. The first-order valence-electron chi connectivity index (χ1n) is 5.79. The Balaban J connectivity index is 2.16. The van der Waals surface area contributed by atoms with Crippen LogP contribution in [0.1, 0.15) is 38.2 Å². The molecule has 0 N–H and O–H groups in total. The third-order valence-electron chi connectivity index (χ3n) is 3.17. The van der Waals surface area contributed by atoms with Crippen LogP contribution in [0.3, 0.4) is 0 Å². The van der Waals surface area contributed by atoms with Crippen molar-refractivity contribution in [2.75, 3.05) is 0 Å². The van der Waals surface area contributed by atoms with Crippen molar-refractivity contribution in [3.8, 4) is 0 Å². The van der Waals surface area contributed by atoms with E-state index in [9.17, 15) is 8.78 Å². The van der Waals surface area contributed by atoms with Crippen molar-refractivity contribution in [3.63, 3.8) is 0 Å². The summed E-state index contributed by atoms with van der Waals surface area (Å²) in [4.78, 5) is 0. The van der Waals surface area contributed by atoms with Gasteiger partial charge in [-0.1, -0.05) is 18.6 Å². The third kappa shape index (κ3) is 2.91. The Morgan fingerprint density at radius 1 is 1.06 bits per heavy atom. The molecule has 0 saturated heterocycles. The zero-order chi connectivity index (χ0) is 11.5. The molecule has 86 valence electrons. The largest absolute Gasteiger partial charge is 0.207 e. The summed E-state index contributed by atoms with van der Waals surface area (Å²) in [6.45, 7) is 2.25. The van der Waals surface area contributed by atoms with Gasteiger partial charge in [0.05, 0.1) is 0 Å². The van der Waals surface area contributed by atoms with Crippen molar-refractivity contribution in [2.45, 2.75) is 32.6 Å². The summed E-state index contributed by atoms with van der Waals surface area (Å²) < 4.78 is 25.9. The summed E-state index contributed by atoms with van der Waals surface area (Å²) in [5.41, 5.74) is 1.95. The first kappa shape index (κ1) is 11.3. The fourth-order valence-electron chi connectivity index (χ4n) is 2.17. The average molecular weight is 222 g/mol. The van der Waals surface area contributed by atoms with Crippen LogP contribution in [0.25, 0.3) is 6.08 Å². The van der Waals surface area contributed by atoms with Gasteiger partial charge in [-0.05, 0) is 49.3 Å². The molecule has 1 aromatic rings. The van der Waals surface area contributed by atoms with Crippen molar-refractivity contribution in [3.05, 3.63) is 41.0 Å². The Labute approximate surface area is 95.0 Å². The molecule has 0 radical (unpaired) electrons. The Morgan fingerprint density at radius 3 is 2.19 bits per heavy atom. The number of rotatable bonds is 1. The van der Waals surface area contributed by atoms with Crippen LogP contribution in [0.5, 0.6) is 0 Å². The molecule has 16 heavy (non-hydrogen) atoms. The highest BCUT2D eigenvalue weighted by molar-refractivity contribution is 5.53. The Bertz CT molecular complexity index is 377. The molecule has 0 amide bonds. The van der Waals surface area contributed by atoms with Gasteiger partial charge >= 0.3 is 0 Å². The number of hydrogen-bond donors (Lipinski definition) is 0. The van der Waals surface area contributed by atoms with Gasteiger partial charge in [0.25, 0.3) is 0 Å². The Kier molecular flexibility index (Phi) is 3.37. The highest BCUT2D eigenvalue weighted by Crippen LogP contribution is 2.29. The van der Waals surface area contributed by atoms with Crippen LogP contribution in [-0.4, -0.2) is 0 Å². The van der Waals surface area contributed by atoms with Gasteiger partial charge in [0.15, 0.2) is 0 Å². The van der Waals surface area contributed by atoms with Crippen molar-refractivity contribution < 1.29 is 8.78 Å². The van der Waals surface area contributed by atoms with E-state index >= 15 is 0 Å². The molecule has 0 bridgehead atoms. The summed E-state index contributed by atoms with van der Waals surface area (Å²) in [5, 5.41) is 0. The summed E-state index contributed by atoms with van der Waals surface area (Å²) >= 11 is 0. The van der Waals surface area contributed by atoms with Crippen molar-refractivity contribution in [1.82, 2.24) is 0 Å². The molecular formula is C14H16F2. The highest BCUT2D eigenvalue weighted by atomic mass is 19.1. The molecule has 0 spiro atoms. The summed E-state index contributed by atoms with van der Waals surface area (Å²) in [6, 6.07) is 3.67. The lowest BCUT2D eigenvalue weighted by Crippen LogP contribution is -2.03. The first-order chi connectivity index (χ1) is 7.63. The van der Waals surface area contributed by atoms with E-state index < -0.39 is 11.6 Å². The smallest absolute Gasteiger partial charge is 0.126 e. The average Bonchev–Trinajstić information content (AvgIpc) is 2.20. The molecule has 2 rings (SSSR count). The van der Waals surface area contributed by atoms with Gasteiger partial charge in [-0.2, -0.15) is 0 Å². The van der Waals surface area contributed by atoms with Crippen LogP contribution >= 0.6 is 0 Å². The molecule has 1 fully saturated rings. The fraction of sp³-hybridized carbons (Fsp3) is 0.429. The van der Waals surface area contributed by atoms with Gasteiger partial charge < -0.3 is 0 Å². The van der Waals surface area contributed by atoms with E-state index in [-0.39, 0.29) is 0 Å². The fourth-order valence-corrected chi connectivity index (χ4v) is 2.17. The maximum atomic E-state index is 13.0. The van der Waals surface area contributed by atoms with Crippen LogP contribution < -0.4 is 0 Å². The lowest BCUT2D eigenvalue weighted by molar-refractivity contribution is 0.446. The van der Waals surface area contributed by atoms with Crippen molar-refractivity contribution in [2.24, 2.45) is 5.92 Å². The Morgan fingerprint density at radius 2 is 1.62 bits per heavy atom. The predicted molar refractivity (Wildman–Crippen MR) is 62.0 cm³/mol. The molecule has 0 heterocycles. The van der Waals surface area contributed by atoms with E-state index in [2.05, 4.69) is 6.92 Å². The van der Waals surface area contributed by atoms with Crippen molar-refractivity contribution in [1.29, 1.82) is 0 Å². The van der Waals surface area contributed by atoms with E-state index in [0.29, 0.717) is 5.56 Å². The molecular weight excluding hydrogens is 206 g/mol. The maximum absolute atomic E-state index is 13.0. The minimum Gasteiger partial charge on any atom is -0.207 e. The molecule has 1 saturated carbocycles. The molecule has 0 unspecified atom stereocenters. The number of halogens is 2. The van der Waals surface area contributed by atoms with Gasteiger partial charge in [-0.3, -0.25) is 0 Å². The van der Waals surface area contributed by atoms with E-state index in [1.807, 2.05) is 6.08 Å². The summed E-state index contributed by atoms with van der Waals surface area (Å²) in [7, 11) is 0. The molecule has 0 aromatic heterocycles. The quantitative estimate of drug-likeness (QED) is 0.653. The second-order valence-corrected chi connectivity index (χ2v) is 4.69. The first-order valence-corrected chi connectivity index (χ1v) is 5.79. The van der Waals surface area contributed by atoms with E-state index in [1.54, 1.807) is 0 Å². The number of allylic oxidation sites excluding steroid dienone is 1. The summed E-state index contributed by atoms with van der Waals surface area (Å²) in [6.07, 6.45) is 6.41. The van der Waals surface area contributed by atoms with Gasteiger partial charge in [-0.25, -0.2) is 8.78 Å². The van der Waals surface area contributed by atoms with Gasteiger partial charge in [0.2, 0.25) is 0 Å². The van der Waals surface area contributed by atoms with Crippen LogP contribution in [0, 0.1) is 17.6 Å². The zero-order valence-electron chi connectivity index (χ0n) is 9.47. The normalized spacial score (nSPS) is 20.9. The zero-order valence-corrected chi connectivity index (χ0v) is 9.47. The molecule has 1 aromatic carbocycles. The van der Waals surface area contributed by atoms with Crippen LogP contribution in [-0.2, 0) is 0 Å². The molecule has 1 aliphatic rings. The van der Waals surface area contributed by atoms with Crippen LogP contribution in [0.4, 0.5) is 8.78 Å². The molecule has 0 nitrogen and oxygen atoms in total. The van der Waals surface area contributed by atoms with Crippen molar-refractivity contribution >= 4 is 6.08 Å². The Hall–Kier alpha value is -1.18. The highest BCUT2D eigenvalue weighted by Gasteiger charge is 2.12. The minimum absolute atomic E-state index is 0.504. The van der Waals surface area contributed by atoms with E-state index in [1.165, 1.54) is 30.5 Å². The van der Waals surface area contributed by atoms with E-state index in [4.69, 9.17) is 0 Å². The standard InChI is InChI=1S/C14H16F2/c1-10-2-4-11(5-3-10)6-12-7-13(15)9-14(16)8-12/h6-10H,2-5H2,1H3. The molecule has 0 aliphatic heterocycles. The third-order valence-corrected chi connectivity index (χ3v) is 3.17. The number of benzene rings is 1. The molecule has 2 heteroatoms. The van der Waals surface area contributed by atoms with Crippen LogP contribution in [0.15, 0.2) is 23.8 Å². The SMILES string of the molecule is CC1CCC(=Cc2cc(F)cc(F)c2)CC1.